The lowest BCUT2D eigenvalue weighted by molar-refractivity contribution is -0.118. The van der Waals surface area contributed by atoms with Gasteiger partial charge in [0, 0.05) is 35.9 Å². The van der Waals surface area contributed by atoms with Crippen molar-refractivity contribution in [2.24, 2.45) is 5.92 Å². The first kappa shape index (κ1) is 24.0. The first-order valence-electron chi connectivity index (χ1n) is 11.6. The second-order valence-corrected chi connectivity index (χ2v) is 9.61. The highest BCUT2D eigenvalue weighted by atomic mass is 35.5. The van der Waals surface area contributed by atoms with E-state index in [1.54, 1.807) is 12.4 Å². The van der Waals surface area contributed by atoms with Crippen LogP contribution in [0, 0.1) is 5.92 Å². The lowest BCUT2D eigenvalue weighted by Gasteiger charge is -2.29. The number of anilines is 2. The molecule has 0 radical (unpaired) electrons. The van der Waals surface area contributed by atoms with Crippen LogP contribution < -0.4 is 15.5 Å². The normalized spacial score (nSPS) is 17.3. The fraction of sp³-hybridized carbons (Fsp3) is 0.185. The molecule has 5 rings (SSSR count). The van der Waals surface area contributed by atoms with E-state index < -0.39 is 0 Å². The minimum Gasteiger partial charge on any atom is -0.351 e. The number of carbonyl (C=O) groups excluding carboxylic acids is 1. The van der Waals surface area contributed by atoms with Crippen molar-refractivity contribution in [2.45, 2.75) is 25.9 Å². The Morgan fingerprint density at radius 2 is 1.94 bits per heavy atom. The summed E-state index contributed by atoms with van der Waals surface area (Å²) in [6.07, 6.45) is 7.37. The number of nitrogens with one attached hydrogen (secondary N) is 2. The summed E-state index contributed by atoms with van der Waals surface area (Å²) in [6.45, 7) is 3.68. The smallest absolute Gasteiger partial charge is 0.226 e. The summed E-state index contributed by atoms with van der Waals surface area (Å²) in [6, 6.07) is 19.0. The molecule has 4 heterocycles. The van der Waals surface area contributed by atoms with Crippen molar-refractivity contribution in [1.29, 1.82) is 0 Å². The molecule has 0 saturated carbocycles. The van der Waals surface area contributed by atoms with Crippen LogP contribution in [-0.4, -0.2) is 25.6 Å². The zero-order valence-corrected chi connectivity index (χ0v) is 21.4. The molecule has 7 nitrogen and oxygen atoms in total. The molecule has 1 aliphatic rings. The maximum Gasteiger partial charge on any atom is 0.226 e. The Hall–Kier alpha value is -3.75. The van der Waals surface area contributed by atoms with Crippen LogP contribution in [0.5, 0.6) is 0 Å². The van der Waals surface area contributed by atoms with Gasteiger partial charge in [-0.15, -0.1) is 0 Å². The Bertz CT molecular complexity index is 1390. The molecule has 0 bridgehead atoms. The molecule has 36 heavy (non-hydrogen) atoms. The molecule has 1 aromatic carbocycles. The van der Waals surface area contributed by atoms with Gasteiger partial charge in [0.15, 0.2) is 5.11 Å². The average Bonchev–Trinajstić information content (AvgIpc) is 3.50. The van der Waals surface area contributed by atoms with E-state index in [4.69, 9.17) is 23.8 Å². The van der Waals surface area contributed by atoms with Crippen LogP contribution in [0.2, 0.25) is 5.02 Å². The molecule has 0 unspecified atom stereocenters. The van der Waals surface area contributed by atoms with Gasteiger partial charge in [0.25, 0.3) is 0 Å². The van der Waals surface area contributed by atoms with E-state index in [1.165, 1.54) is 0 Å². The summed E-state index contributed by atoms with van der Waals surface area (Å²) < 4.78 is 2.11. The topological polar surface area (TPSA) is 75.1 Å². The predicted octanol–water partition coefficient (Wildman–Crippen LogP) is 5.69. The van der Waals surface area contributed by atoms with Crippen LogP contribution in [0.3, 0.4) is 0 Å². The number of nitrogens with zero attached hydrogens (tertiary/aromatic N) is 4. The molecule has 1 amide bonds. The Balaban J connectivity index is 1.59. The maximum atomic E-state index is 12.2. The van der Waals surface area contributed by atoms with E-state index in [9.17, 15) is 4.79 Å². The van der Waals surface area contributed by atoms with Gasteiger partial charge in [-0.05, 0) is 66.8 Å². The third-order valence-electron chi connectivity index (χ3n) is 6.12. The van der Waals surface area contributed by atoms with E-state index in [0.717, 1.165) is 22.8 Å². The van der Waals surface area contributed by atoms with Crippen LogP contribution in [0.15, 0.2) is 85.5 Å². The van der Waals surface area contributed by atoms with Gasteiger partial charge in [-0.3, -0.25) is 14.8 Å². The largest absolute Gasteiger partial charge is 0.351 e. The molecular weight excluding hydrogens is 492 g/mol. The number of carbonyl (C=O) groups is 1. The summed E-state index contributed by atoms with van der Waals surface area (Å²) >= 11 is 12.5. The number of amides is 1. The van der Waals surface area contributed by atoms with Gasteiger partial charge in [-0.25, -0.2) is 0 Å². The van der Waals surface area contributed by atoms with Crippen LogP contribution in [0.4, 0.5) is 11.4 Å². The third kappa shape index (κ3) is 4.57. The van der Waals surface area contributed by atoms with E-state index in [-0.39, 0.29) is 23.9 Å². The van der Waals surface area contributed by atoms with Crippen molar-refractivity contribution < 1.29 is 4.79 Å². The zero-order valence-electron chi connectivity index (χ0n) is 19.8. The Morgan fingerprint density at radius 3 is 2.64 bits per heavy atom. The summed E-state index contributed by atoms with van der Waals surface area (Å²) in [5.41, 5.74) is 4.20. The predicted molar refractivity (Wildman–Crippen MR) is 146 cm³/mol. The van der Waals surface area contributed by atoms with Gasteiger partial charge in [0.1, 0.15) is 6.04 Å². The van der Waals surface area contributed by atoms with Gasteiger partial charge >= 0.3 is 0 Å². The SMILES string of the molecule is CC(C)C(=O)Nc1ccc(N2C(=S)N[C@H](c3ccccn3)[C@H]2c2cccn2-c2cccnc2)cc1Cl. The fourth-order valence-corrected chi connectivity index (χ4v) is 4.90. The van der Waals surface area contributed by atoms with Gasteiger partial charge in [-0.2, -0.15) is 0 Å². The number of rotatable bonds is 6. The number of benzene rings is 1. The van der Waals surface area contributed by atoms with Gasteiger partial charge in [-0.1, -0.05) is 31.5 Å². The Labute approximate surface area is 220 Å². The van der Waals surface area contributed by atoms with E-state index >= 15 is 0 Å². The number of pyridine rings is 2. The monoisotopic (exact) mass is 516 g/mol. The molecule has 1 saturated heterocycles. The van der Waals surface area contributed by atoms with E-state index in [1.807, 2.05) is 80.8 Å². The van der Waals surface area contributed by atoms with E-state index in [0.29, 0.717) is 15.8 Å². The molecule has 3 aromatic heterocycles. The molecule has 9 heteroatoms. The van der Waals surface area contributed by atoms with Crippen molar-refractivity contribution in [3.8, 4) is 5.69 Å². The maximum absolute atomic E-state index is 12.2. The zero-order chi connectivity index (χ0) is 25.2. The summed E-state index contributed by atoms with van der Waals surface area (Å²) in [5.74, 6) is -0.245. The number of aromatic nitrogens is 3. The lowest BCUT2D eigenvalue weighted by atomic mass is 10.0. The van der Waals surface area contributed by atoms with Crippen molar-refractivity contribution in [2.75, 3.05) is 10.2 Å². The highest BCUT2D eigenvalue weighted by molar-refractivity contribution is 7.80. The van der Waals surface area contributed by atoms with Gasteiger partial charge < -0.3 is 20.1 Å². The second-order valence-electron chi connectivity index (χ2n) is 8.82. The quantitative estimate of drug-likeness (QED) is 0.320. The minimum absolute atomic E-state index is 0.0922. The molecule has 2 atom stereocenters. The molecule has 1 fully saturated rings. The van der Waals surface area contributed by atoms with Crippen LogP contribution in [0.25, 0.3) is 5.69 Å². The summed E-state index contributed by atoms with van der Waals surface area (Å²) in [7, 11) is 0. The molecule has 0 spiro atoms. The lowest BCUT2D eigenvalue weighted by Crippen LogP contribution is -2.30. The van der Waals surface area contributed by atoms with Gasteiger partial charge in [0.2, 0.25) is 5.91 Å². The number of thiocarbonyl (C=S) groups is 1. The first-order chi connectivity index (χ1) is 17.4. The van der Waals surface area contributed by atoms with Crippen molar-refractivity contribution in [3.05, 3.63) is 102 Å². The van der Waals surface area contributed by atoms with Crippen molar-refractivity contribution in [3.63, 3.8) is 0 Å². The molecule has 182 valence electrons. The molecule has 1 aliphatic heterocycles. The standard InChI is InChI=1S/C27H25ClN6OS/c1-17(2)26(35)31-21-11-10-18(15-20(21)28)34-25(24(32-27(34)36)22-8-3-4-13-30-22)23-9-6-14-33(23)19-7-5-12-29-16-19/h3-17,24-25H,1-2H3,(H,31,35)(H,32,36)/t24-,25-/m1/s1. The highest BCUT2D eigenvalue weighted by Crippen LogP contribution is 2.43. The summed E-state index contributed by atoms with van der Waals surface area (Å²) in [5, 5.41) is 7.35. The van der Waals surface area contributed by atoms with Crippen LogP contribution in [0.1, 0.15) is 37.3 Å². The number of hydrogen-bond acceptors (Lipinski definition) is 4. The molecule has 2 N–H and O–H groups in total. The van der Waals surface area contributed by atoms with Crippen LogP contribution in [-0.2, 0) is 4.79 Å². The summed E-state index contributed by atoms with van der Waals surface area (Å²) in [4.78, 5) is 23.2. The Morgan fingerprint density at radius 1 is 1.08 bits per heavy atom. The molecule has 0 aliphatic carbocycles. The second kappa shape index (κ2) is 10.1. The van der Waals surface area contributed by atoms with Crippen LogP contribution >= 0.6 is 23.8 Å². The Kier molecular flexibility index (Phi) is 6.71. The van der Waals surface area contributed by atoms with Gasteiger partial charge in [0.05, 0.1) is 34.3 Å². The third-order valence-corrected chi connectivity index (χ3v) is 6.75. The van der Waals surface area contributed by atoms with Crippen molar-refractivity contribution >= 4 is 46.2 Å². The first-order valence-corrected chi connectivity index (χ1v) is 12.4. The van der Waals surface area contributed by atoms with E-state index in [2.05, 4.69) is 36.1 Å². The number of halogens is 1. The van der Waals surface area contributed by atoms with Crippen molar-refractivity contribution in [1.82, 2.24) is 19.9 Å². The molecular formula is C27H25ClN6OS. The minimum atomic E-state index is -0.227. The molecule has 4 aromatic rings. The average molecular weight is 517 g/mol. The highest BCUT2D eigenvalue weighted by Gasteiger charge is 2.42. The fourth-order valence-electron chi connectivity index (χ4n) is 4.33. The number of hydrogen-bond donors (Lipinski definition) is 2.